The van der Waals surface area contributed by atoms with Crippen molar-refractivity contribution in [3.8, 4) is 5.75 Å². The van der Waals surface area contributed by atoms with E-state index in [9.17, 15) is 47.9 Å². The number of alkyl halides is 9. The molecule has 0 atom stereocenters. The Bertz CT molecular complexity index is 771. The smallest absolute Gasteiger partial charge is 0.447 e. The molecule has 0 radical (unpaired) electrons. The summed E-state index contributed by atoms with van der Waals surface area (Å²) in [6.07, 6.45) is -21.6. The van der Waals surface area contributed by atoms with Crippen LogP contribution in [-0.2, 0) is 16.5 Å². The van der Waals surface area contributed by atoms with Crippen molar-refractivity contribution in [3.05, 3.63) is 23.3 Å². The summed E-state index contributed by atoms with van der Waals surface area (Å²) in [6.45, 7) is 1.85. The molecule has 1 rings (SSSR count). The van der Waals surface area contributed by atoms with E-state index in [-0.39, 0.29) is 0 Å². The minimum atomic E-state index is -6.99. The quantitative estimate of drug-likeness (QED) is 0.556. The molecule has 0 aliphatic heterocycles. The van der Waals surface area contributed by atoms with Crippen molar-refractivity contribution in [2.45, 2.75) is 49.3 Å². The standard InChI is InChI=1S/C13H11F9O4S/c1-3-7-8(27(23,24)25)5-4-6(2)9(7)26-10(11(14,15)16,12(17,18)19)13(20,21)22/h4-5H,3H2,1-2H3,(H,23,24,25). The molecule has 0 aliphatic carbocycles. The summed E-state index contributed by atoms with van der Waals surface area (Å²) in [7, 11) is -5.17. The van der Waals surface area contributed by atoms with Crippen LogP contribution in [0.2, 0.25) is 0 Å². The maximum atomic E-state index is 13.0. The van der Waals surface area contributed by atoms with Crippen LogP contribution in [0.5, 0.6) is 5.75 Å². The molecule has 1 aromatic rings. The molecule has 1 N–H and O–H groups in total. The zero-order valence-corrected chi connectivity index (χ0v) is 14.2. The second-order valence-corrected chi connectivity index (χ2v) is 6.68. The van der Waals surface area contributed by atoms with Gasteiger partial charge in [-0.3, -0.25) is 4.55 Å². The van der Waals surface area contributed by atoms with E-state index in [2.05, 4.69) is 4.74 Å². The fraction of sp³-hybridized carbons (Fsp3) is 0.538. The number of hydrogen-bond acceptors (Lipinski definition) is 3. The first-order valence-electron chi connectivity index (χ1n) is 6.80. The van der Waals surface area contributed by atoms with Gasteiger partial charge in [0.2, 0.25) is 0 Å². The molecular weight excluding hydrogens is 423 g/mol. The lowest BCUT2D eigenvalue weighted by Crippen LogP contribution is -2.69. The van der Waals surface area contributed by atoms with Crippen molar-refractivity contribution in [3.63, 3.8) is 0 Å². The van der Waals surface area contributed by atoms with Gasteiger partial charge in [0.1, 0.15) is 10.6 Å². The normalized spacial score (nSPS) is 14.4. The highest BCUT2D eigenvalue weighted by molar-refractivity contribution is 7.85. The third kappa shape index (κ3) is 3.95. The van der Waals surface area contributed by atoms with Gasteiger partial charge in [-0.2, -0.15) is 47.9 Å². The molecule has 0 saturated heterocycles. The Kier molecular flexibility index (Phi) is 5.81. The fourth-order valence-electron chi connectivity index (χ4n) is 2.25. The summed E-state index contributed by atoms with van der Waals surface area (Å²) in [5.41, 5.74) is -8.22. The van der Waals surface area contributed by atoms with E-state index in [0.717, 1.165) is 13.8 Å². The Morgan fingerprint density at radius 1 is 0.926 bits per heavy atom. The molecule has 0 unspecified atom stereocenters. The Hall–Kier alpha value is -1.70. The van der Waals surface area contributed by atoms with Gasteiger partial charge >= 0.3 is 24.1 Å². The molecule has 4 nitrogen and oxygen atoms in total. The average Bonchev–Trinajstić information content (AvgIpc) is 2.39. The summed E-state index contributed by atoms with van der Waals surface area (Å²) in [5.74, 6) is -1.60. The predicted molar refractivity (Wildman–Crippen MR) is 71.9 cm³/mol. The highest BCUT2D eigenvalue weighted by Crippen LogP contribution is 2.55. The van der Waals surface area contributed by atoms with Gasteiger partial charge in [0.05, 0.1) is 0 Å². The zero-order chi connectivity index (χ0) is 21.6. The van der Waals surface area contributed by atoms with E-state index in [1.165, 1.54) is 0 Å². The molecule has 0 fully saturated rings. The lowest BCUT2D eigenvalue weighted by atomic mass is 10.00. The maximum Gasteiger partial charge on any atom is 0.447 e. The van der Waals surface area contributed by atoms with Crippen LogP contribution in [0, 0.1) is 6.92 Å². The van der Waals surface area contributed by atoms with E-state index >= 15 is 0 Å². The van der Waals surface area contributed by atoms with Crippen LogP contribution >= 0.6 is 0 Å². The first-order chi connectivity index (χ1) is 11.8. The number of ether oxygens (including phenoxy) is 1. The van der Waals surface area contributed by atoms with Crippen molar-refractivity contribution >= 4 is 10.1 Å². The van der Waals surface area contributed by atoms with Gasteiger partial charge in [-0.15, -0.1) is 0 Å². The fourth-order valence-corrected chi connectivity index (χ4v) is 3.04. The Labute approximate surface area is 146 Å². The number of benzene rings is 1. The molecule has 0 bridgehead atoms. The van der Waals surface area contributed by atoms with Crippen LogP contribution in [-0.4, -0.2) is 37.1 Å². The van der Waals surface area contributed by atoms with E-state index in [0.29, 0.717) is 12.1 Å². The number of halogens is 9. The van der Waals surface area contributed by atoms with E-state index < -0.39 is 62.4 Å². The van der Waals surface area contributed by atoms with Crippen LogP contribution in [0.1, 0.15) is 18.1 Å². The summed E-state index contributed by atoms with van der Waals surface area (Å²) in [5, 5.41) is 0. The van der Waals surface area contributed by atoms with Crippen molar-refractivity contribution in [1.82, 2.24) is 0 Å². The molecule has 156 valence electrons. The van der Waals surface area contributed by atoms with Crippen LogP contribution < -0.4 is 4.74 Å². The van der Waals surface area contributed by atoms with Gasteiger partial charge in [0, 0.05) is 5.56 Å². The van der Waals surface area contributed by atoms with Gasteiger partial charge in [-0.05, 0) is 25.0 Å². The minimum absolute atomic E-state index is 0.603. The van der Waals surface area contributed by atoms with Crippen molar-refractivity contribution in [1.29, 1.82) is 0 Å². The molecular formula is C13H11F9O4S. The van der Waals surface area contributed by atoms with Gasteiger partial charge in [-0.25, -0.2) is 0 Å². The first kappa shape index (κ1) is 23.3. The molecule has 14 heteroatoms. The van der Waals surface area contributed by atoms with E-state index in [1.54, 1.807) is 0 Å². The minimum Gasteiger partial charge on any atom is -0.461 e. The van der Waals surface area contributed by atoms with Crippen LogP contribution in [0.3, 0.4) is 0 Å². The van der Waals surface area contributed by atoms with Crippen molar-refractivity contribution in [2.75, 3.05) is 0 Å². The summed E-state index contributed by atoms with van der Waals surface area (Å²) in [4.78, 5) is -1.17. The van der Waals surface area contributed by atoms with Gasteiger partial charge in [-0.1, -0.05) is 13.0 Å². The lowest BCUT2D eigenvalue weighted by molar-refractivity contribution is -0.437. The van der Waals surface area contributed by atoms with E-state index in [4.69, 9.17) is 4.55 Å². The molecule has 0 aromatic heterocycles. The lowest BCUT2D eigenvalue weighted by Gasteiger charge is -2.39. The average molecular weight is 434 g/mol. The third-order valence-electron chi connectivity index (χ3n) is 3.50. The first-order valence-corrected chi connectivity index (χ1v) is 8.24. The predicted octanol–water partition coefficient (Wildman–Crippen LogP) is 4.61. The number of rotatable bonds is 4. The molecule has 0 spiro atoms. The molecule has 0 aliphatic rings. The highest BCUT2D eigenvalue weighted by atomic mass is 32.2. The number of aryl methyl sites for hydroxylation is 1. The van der Waals surface area contributed by atoms with Gasteiger partial charge in [0.15, 0.2) is 0 Å². The topological polar surface area (TPSA) is 63.6 Å². The summed E-state index contributed by atoms with van der Waals surface area (Å²) < 4.78 is 152. The molecule has 0 saturated carbocycles. The molecule has 27 heavy (non-hydrogen) atoms. The van der Waals surface area contributed by atoms with Crippen LogP contribution in [0.15, 0.2) is 17.0 Å². The van der Waals surface area contributed by atoms with Crippen LogP contribution in [0.4, 0.5) is 39.5 Å². The molecule has 0 amide bonds. The Balaban J connectivity index is 3.95. The monoisotopic (exact) mass is 434 g/mol. The largest absolute Gasteiger partial charge is 0.461 e. The molecule has 0 heterocycles. The summed E-state index contributed by atoms with van der Waals surface area (Å²) in [6, 6.07) is 1.22. The van der Waals surface area contributed by atoms with Crippen LogP contribution in [0.25, 0.3) is 0 Å². The van der Waals surface area contributed by atoms with Gasteiger partial charge in [0.25, 0.3) is 10.1 Å². The van der Waals surface area contributed by atoms with Crippen molar-refractivity contribution in [2.24, 2.45) is 0 Å². The van der Waals surface area contributed by atoms with Crippen molar-refractivity contribution < 1.29 is 57.2 Å². The van der Waals surface area contributed by atoms with E-state index in [1.807, 2.05) is 0 Å². The number of hydrogen-bond donors (Lipinski definition) is 1. The maximum absolute atomic E-state index is 13.0. The SMILES string of the molecule is CCc1c(S(=O)(=O)O)ccc(C)c1OC(C(F)(F)F)(C(F)(F)F)C(F)(F)F. The highest BCUT2D eigenvalue weighted by Gasteiger charge is 2.87. The summed E-state index contributed by atoms with van der Waals surface area (Å²) >= 11 is 0. The molecule has 1 aromatic carbocycles. The Morgan fingerprint density at radius 2 is 1.33 bits per heavy atom. The third-order valence-corrected chi connectivity index (χ3v) is 4.44. The zero-order valence-electron chi connectivity index (χ0n) is 13.3. The Morgan fingerprint density at radius 3 is 1.63 bits per heavy atom. The van der Waals surface area contributed by atoms with Gasteiger partial charge < -0.3 is 4.74 Å². The second kappa shape index (κ2) is 6.72. The second-order valence-electron chi connectivity index (χ2n) is 5.29.